The number of anilines is 1. The van der Waals surface area contributed by atoms with Gasteiger partial charge in [0.15, 0.2) is 0 Å². The van der Waals surface area contributed by atoms with E-state index in [-0.39, 0.29) is 25.3 Å². The first-order valence-corrected chi connectivity index (χ1v) is 9.56. The molecular weight excluding hydrogens is 337 g/mol. The van der Waals surface area contributed by atoms with E-state index in [1.165, 1.54) is 7.11 Å². The van der Waals surface area contributed by atoms with Crippen LogP contribution in [0.15, 0.2) is 24.3 Å². The first kappa shape index (κ1) is 20.0. The predicted molar refractivity (Wildman–Crippen MR) is 89.0 cm³/mol. The maximum Gasteiger partial charge on any atom is 0.306 e. The van der Waals surface area contributed by atoms with Crippen LogP contribution in [0.2, 0.25) is 0 Å². The van der Waals surface area contributed by atoms with Crippen molar-refractivity contribution in [2.24, 2.45) is 5.92 Å². The SMILES string of the molecule is COc1ccc(NCP(=O)(CO)CC(CCC(=O)O)C(=O)O)cc1. The number of carboxylic acids is 2. The molecule has 1 rings (SSSR count). The van der Waals surface area contributed by atoms with Crippen LogP contribution in [-0.4, -0.2) is 53.2 Å². The zero-order valence-corrected chi connectivity index (χ0v) is 14.2. The highest BCUT2D eigenvalue weighted by molar-refractivity contribution is 7.63. The maximum absolute atomic E-state index is 12.7. The molecule has 0 saturated carbocycles. The van der Waals surface area contributed by atoms with Gasteiger partial charge in [-0.25, -0.2) is 0 Å². The van der Waals surface area contributed by atoms with Crippen LogP contribution < -0.4 is 10.1 Å². The molecule has 24 heavy (non-hydrogen) atoms. The molecule has 0 amide bonds. The van der Waals surface area contributed by atoms with Crippen LogP contribution in [0.4, 0.5) is 5.69 Å². The number of rotatable bonds is 11. The van der Waals surface area contributed by atoms with Crippen LogP contribution in [0.1, 0.15) is 12.8 Å². The van der Waals surface area contributed by atoms with Crippen LogP contribution in [0.3, 0.4) is 0 Å². The molecule has 0 aromatic heterocycles. The lowest BCUT2D eigenvalue weighted by Gasteiger charge is -2.21. The summed E-state index contributed by atoms with van der Waals surface area (Å²) in [6.45, 7) is 0. The third-order valence-electron chi connectivity index (χ3n) is 3.53. The van der Waals surface area contributed by atoms with Crippen molar-refractivity contribution >= 4 is 24.8 Å². The van der Waals surface area contributed by atoms with Crippen molar-refractivity contribution in [3.8, 4) is 5.75 Å². The minimum atomic E-state index is -3.22. The van der Waals surface area contributed by atoms with Crippen molar-refractivity contribution in [2.45, 2.75) is 12.8 Å². The monoisotopic (exact) mass is 359 g/mol. The molecule has 2 atom stereocenters. The van der Waals surface area contributed by atoms with E-state index in [4.69, 9.17) is 14.9 Å². The summed E-state index contributed by atoms with van der Waals surface area (Å²) in [7, 11) is -1.68. The lowest BCUT2D eigenvalue weighted by Crippen LogP contribution is -2.22. The average Bonchev–Trinajstić information content (AvgIpc) is 2.57. The summed E-state index contributed by atoms with van der Waals surface area (Å²) in [5, 5.41) is 30.1. The first-order chi connectivity index (χ1) is 11.3. The van der Waals surface area contributed by atoms with E-state index in [9.17, 15) is 19.3 Å². The van der Waals surface area contributed by atoms with E-state index in [2.05, 4.69) is 5.32 Å². The average molecular weight is 359 g/mol. The van der Waals surface area contributed by atoms with Crippen molar-refractivity contribution in [3.05, 3.63) is 24.3 Å². The molecule has 0 aliphatic rings. The molecule has 1 aromatic carbocycles. The number of aliphatic carboxylic acids is 2. The van der Waals surface area contributed by atoms with Gasteiger partial charge in [-0.2, -0.15) is 0 Å². The number of aliphatic hydroxyl groups excluding tert-OH is 1. The number of aliphatic hydroxyl groups is 1. The highest BCUT2D eigenvalue weighted by Gasteiger charge is 2.30. The third kappa shape index (κ3) is 6.60. The number of nitrogens with one attached hydrogen (secondary N) is 1. The van der Waals surface area contributed by atoms with Gasteiger partial charge in [-0.3, -0.25) is 9.59 Å². The van der Waals surface area contributed by atoms with Crippen LogP contribution in [0.5, 0.6) is 5.75 Å². The van der Waals surface area contributed by atoms with Crippen molar-refractivity contribution < 1.29 is 34.2 Å². The summed E-state index contributed by atoms with van der Waals surface area (Å²) < 4.78 is 17.7. The zero-order chi connectivity index (χ0) is 18.2. The topological polar surface area (TPSA) is 133 Å². The molecule has 0 aliphatic carbocycles. The van der Waals surface area contributed by atoms with Crippen LogP contribution >= 0.6 is 7.14 Å². The first-order valence-electron chi connectivity index (χ1n) is 7.30. The van der Waals surface area contributed by atoms with Gasteiger partial charge < -0.3 is 29.9 Å². The number of methoxy groups -OCH3 is 1. The lowest BCUT2D eigenvalue weighted by molar-refractivity contribution is -0.142. The second-order valence-electron chi connectivity index (χ2n) is 5.41. The minimum absolute atomic E-state index is 0.0767. The number of hydrogen-bond acceptors (Lipinski definition) is 6. The number of ether oxygens (including phenoxy) is 1. The molecule has 0 aliphatic heterocycles. The van der Waals surface area contributed by atoms with E-state index >= 15 is 0 Å². The van der Waals surface area contributed by atoms with E-state index < -0.39 is 31.3 Å². The molecule has 0 saturated heterocycles. The molecule has 4 N–H and O–H groups in total. The fraction of sp³-hybridized carbons (Fsp3) is 0.467. The molecule has 0 fully saturated rings. The van der Waals surface area contributed by atoms with Gasteiger partial charge in [-0.05, 0) is 30.7 Å². The Morgan fingerprint density at radius 3 is 2.33 bits per heavy atom. The van der Waals surface area contributed by atoms with Gasteiger partial charge in [-0.15, -0.1) is 0 Å². The van der Waals surface area contributed by atoms with Gasteiger partial charge in [-0.1, -0.05) is 0 Å². The van der Waals surface area contributed by atoms with Crippen molar-refractivity contribution in [1.82, 2.24) is 0 Å². The quantitative estimate of drug-likeness (QED) is 0.441. The van der Waals surface area contributed by atoms with E-state index in [1.54, 1.807) is 24.3 Å². The largest absolute Gasteiger partial charge is 0.497 e. The van der Waals surface area contributed by atoms with Gasteiger partial charge in [0.05, 0.1) is 25.7 Å². The molecule has 0 radical (unpaired) electrons. The fourth-order valence-corrected chi connectivity index (χ4v) is 4.07. The summed E-state index contributed by atoms with van der Waals surface area (Å²) in [6.07, 6.45) is -1.43. The summed E-state index contributed by atoms with van der Waals surface area (Å²) in [4.78, 5) is 21.8. The molecular formula is C15H22NO7P. The summed E-state index contributed by atoms with van der Waals surface area (Å²) in [5.74, 6) is -2.74. The Hall–Kier alpha value is -2.05. The van der Waals surface area contributed by atoms with Crippen LogP contribution in [0.25, 0.3) is 0 Å². The minimum Gasteiger partial charge on any atom is -0.497 e. The van der Waals surface area contributed by atoms with Gasteiger partial charge in [0.1, 0.15) is 12.9 Å². The highest BCUT2D eigenvalue weighted by atomic mass is 31.2. The van der Waals surface area contributed by atoms with Crippen LogP contribution in [0, 0.1) is 5.92 Å². The molecule has 1 aromatic rings. The van der Waals surface area contributed by atoms with Crippen LogP contribution in [-0.2, 0) is 14.2 Å². The van der Waals surface area contributed by atoms with E-state index in [0.29, 0.717) is 11.4 Å². The summed E-state index contributed by atoms with van der Waals surface area (Å²) >= 11 is 0. The predicted octanol–water partition coefficient (Wildman–Crippen LogP) is 1.94. The molecule has 0 bridgehead atoms. The maximum atomic E-state index is 12.7. The molecule has 134 valence electrons. The molecule has 9 heteroatoms. The second kappa shape index (κ2) is 9.30. The Balaban J connectivity index is 2.70. The van der Waals surface area contributed by atoms with E-state index in [1.807, 2.05) is 0 Å². The molecule has 0 heterocycles. The second-order valence-corrected chi connectivity index (χ2v) is 8.49. The van der Waals surface area contributed by atoms with Gasteiger partial charge in [0.2, 0.25) is 0 Å². The summed E-state index contributed by atoms with van der Waals surface area (Å²) in [5.41, 5.74) is 0.655. The number of hydrogen-bond donors (Lipinski definition) is 4. The smallest absolute Gasteiger partial charge is 0.306 e. The van der Waals surface area contributed by atoms with Gasteiger partial charge >= 0.3 is 11.9 Å². The Morgan fingerprint density at radius 1 is 1.25 bits per heavy atom. The Bertz CT molecular complexity index is 602. The van der Waals surface area contributed by atoms with Crippen molar-refractivity contribution in [1.29, 1.82) is 0 Å². The summed E-state index contributed by atoms with van der Waals surface area (Å²) in [6, 6.07) is 6.83. The fourth-order valence-electron chi connectivity index (χ4n) is 2.11. The Labute approximate surface area is 139 Å². The Morgan fingerprint density at radius 2 is 1.88 bits per heavy atom. The van der Waals surface area contributed by atoms with Crippen molar-refractivity contribution in [3.63, 3.8) is 0 Å². The number of benzene rings is 1. The molecule has 0 spiro atoms. The Kier molecular flexibility index (Phi) is 7.74. The lowest BCUT2D eigenvalue weighted by atomic mass is 10.1. The zero-order valence-electron chi connectivity index (χ0n) is 13.3. The molecule has 8 nitrogen and oxygen atoms in total. The van der Waals surface area contributed by atoms with Gasteiger partial charge in [0, 0.05) is 18.3 Å². The molecule has 2 unspecified atom stereocenters. The third-order valence-corrected chi connectivity index (χ3v) is 5.88. The van der Waals surface area contributed by atoms with Crippen molar-refractivity contribution in [2.75, 3.05) is 31.2 Å². The van der Waals surface area contributed by atoms with Gasteiger partial charge in [0.25, 0.3) is 0 Å². The number of carbonyl (C=O) groups is 2. The number of carboxylic acid groups (broad SMARTS) is 2. The standard InChI is InChI=1S/C15H22NO7P/c1-23-13-5-3-12(4-6-13)16-9-24(22,10-17)8-11(15(20)21)2-7-14(18)19/h3-6,11,16-17H,2,7-10H2,1H3,(H,18,19)(H,20,21). The normalized spacial score (nSPS) is 14.4. The highest BCUT2D eigenvalue weighted by Crippen LogP contribution is 2.46. The van der Waals surface area contributed by atoms with E-state index in [0.717, 1.165) is 0 Å².